The standard InChI is InChI=1S/C41H46ClF3N8O8.C3H8/c1-23-15-31(53(20-23)34(56)19-47-39(59)60-4)36-48-30(21-54)35(50-36)25-7-5-24(6-8-25)27-16-28(42)29(17-32(27)61-41(43,44)45)49-37(57)26-9-10-33(46-18-26)51-11-13-52(14-12-51)38(58)40(2,3)22-55;1-3-2/h5-10,16-18,23,31,54-55H,11-15,19-22H2,1-4H3,(H,47,59)(H,48,50)(H,49,57);3H2,1-2H3. The fourth-order valence-electron chi connectivity index (χ4n) is 7.27. The molecule has 0 saturated carbocycles. The Balaban J connectivity index is 0.00000250. The number of alkyl carbamates (subject to hydrolysis) is 1. The molecule has 16 nitrogen and oxygen atoms in total. The minimum absolute atomic E-state index is 0.0284. The van der Waals surface area contributed by atoms with Crippen LogP contribution in [0.2, 0.25) is 5.02 Å². The Kier molecular flexibility index (Phi) is 16.2. The van der Waals surface area contributed by atoms with Gasteiger partial charge in [0.2, 0.25) is 11.8 Å². The van der Waals surface area contributed by atoms with Crippen LogP contribution in [0, 0.1) is 11.3 Å². The molecule has 2 aliphatic heterocycles. The third-order valence-electron chi connectivity index (χ3n) is 10.6. The number of benzene rings is 2. The van der Waals surface area contributed by atoms with Gasteiger partial charge in [0.05, 0.1) is 59.4 Å². The second-order valence-corrected chi connectivity index (χ2v) is 16.6. The van der Waals surface area contributed by atoms with Crippen molar-refractivity contribution in [2.75, 3.05) is 63.2 Å². The third-order valence-corrected chi connectivity index (χ3v) is 10.9. The summed E-state index contributed by atoms with van der Waals surface area (Å²) in [5.74, 6) is -0.710. The number of nitrogens with one attached hydrogen (secondary N) is 3. The molecular weight excluding hydrogens is 861 g/mol. The van der Waals surface area contributed by atoms with Crippen LogP contribution in [0.25, 0.3) is 22.4 Å². The summed E-state index contributed by atoms with van der Waals surface area (Å²) in [6.07, 6.45) is -2.70. The lowest BCUT2D eigenvalue weighted by Gasteiger charge is -2.38. The number of carbonyl (C=O) groups excluding carboxylic acids is 4. The van der Waals surface area contributed by atoms with Crippen molar-refractivity contribution in [3.05, 3.63) is 76.8 Å². The summed E-state index contributed by atoms with van der Waals surface area (Å²) >= 11 is 6.56. The molecule has 2 fully saturated rings. The Labute approximate surface area is 374 Å². The second kappa shape index (κ2) is 21.2. The largest absolute Gasteiger partial charge is 0.573 e. The van der Waals surface area contributed by atoms with Gasteiger partial charge in [-0.15, -0.1) is 13.2 Å². The predicted octanol–water partition coefficient (Wildman–Crippen LogP) is 6.78. The summed E-state index contributed by atoms with van der Waals surface area (Å²) in [6, 6.07) is 11.2. The van der Waals surface area contributed by atoms with Gasteiger partial charge in [-0.05, 0) is 49.9 Å². The van der Waals surface area contributed by atoms with Crippen molar-refractivity contribution in [1.82, 2.24) is 30.1 Å². The zero-order chi connectivity index (χ0) is 46.9. The number of amides is 4. The van der Waals surface area contributed by atoms with Gasteiger partial charge in [-0.3, -0.25) is 14.4 Å². The fourth-order valence-corrected chi connectivity index (χ4v) is 7.48. The zero-order valence-corrected chi connectivity index (χ0v) is 37.3. The number of hydrogen-bond donors (Lipinski definition) is 5. The number of imidazole rings is 1. The van der Waals surface area contributed by atoms with Gasteiger partial charge in [-0.2, -0.15) is 0 Å². The summed E-state index contributed by atoms with van der Waals surface area (Å²) in [6.45, 7) is 10.8. The Morgan fingerprint density at radius 1 is 0.984 bits per heavy atom. The number of carbonyl (C=O) groups is 4. The average molecular weight is 915 g/mol. The maximum Gasteiger partial charge on any atom is 0.573 e. The highest BCUT2D eigenvalue weighted by Crippen LogP contribution is 2.41. The molecule has 346 valence electrons. The number of aliphatic hydroxyl groups is 2. The lowest BCUT2D eigenvalue weighted by atomic mass is 9.92. The van der Waals surface area contributed by atoms with Crippen LogP contribution in [0.1, 0.15) is 75.4 Å². The van der Waals surface area contributed by atoms with E-state index in [9.17, 15) is 42.6 Å². The van der Waals surface area contributed by atoms with E-state index < -0.39 is 42.2 Å². The van der Waals surface area contributed by atoms with E-state index in [1.807, 2.05) is 11.8 Å². The minimum atomic E-state index is -5.10. The molecule has 4 amide bonds. The number of halogens is 4. The number of ether oxygens (including phenoxy) is 2. The van der Waals surface area contributed by atoms with Crippen LogP contribution >= 0.6 is 11.6 Å². The summed E-state index contributed by atoms with van der Waals surface area (Å²) in [4.78, 5) is 68.0. The normalized spacial score (nSPS) is 16.5. The van der Waals surface area contributed by atoms with Gasteiger partial charge in [0.15, 0.2) is 0 Å². The number of aliphatic hydroxyl groups excluding tert-OH is 2. The van der Waals surface area contributed by atoms with Crippen LogP contribution in [0.4, 0.5) is 29.5 Å². The summed E-state index contributed by atoms with van der Waals surface area (Å²) in [5.41, 5.74) is 0.564. The van der Waals surface area contributed by atoms with E-state index in [1.54, 1.807) is 41.8 Å². The molecule has 2 unspecified atom stereocenters. The molecule has 2 aromatic carbocycles. The van der Waals surface area contributed by atoms with Gasteiger partial charge in [0.25, 0.3) is 5.91 Å². The molecular formula is C44H54ClF3N8O8. The second-order valence-electron chi connectivity index (χ2n) is 16.2. The number of nitrogens with zero attached hydrogens (tertiary/aromatic N) is 5. The predicted molar refractivity (Wildman–Crippen MR) is 234 cm³/mol. The molecule has 2 aliphatic rings. The summed E-state index contributed by atoms with van der Waals surface area (Å²) in [7, 11) is 1.19. The van der Waals surface area contributed by atoms with Gasteiger partial charge in [-0.1, -0.05) is 63.1 Å². The van der Waals surface area contributed by atoms with Gasteiger partial charge in [-0.25, -0.2) is 14.8 Å². The van der Waals surface area contributed by atoms with Crippen molar-refractivity contribution in [3.63, 3.8) is 0 Å². The lowest BCUT2D eigenvalue weighted by Crippen LogP contribution is -2.53. The first-order valence-electron chi connectivity index (χ1n) is 20.8. The maximum absolute atomic E-state index is 13.7. The molecule has 20 heteroatoms. The molecule has 2 saturated heterocycles. The number of rotatable bonds is 12. The van der Waals surface area contributed by atoms with E-state index in [1.165, 1.54) is 44.0 Å². The number of aromatic nitrogens is 3. The van der Waals surface area contributed by atoms with Crippen molar-refractivity contribution in [2.45, 2.75) is 66.5 Å². The Hall–Kier alpha value is -5.92. The number of hydrogen-bond acceptors (Lipinski definition) is 11. The number of aromatic amines is 1. The number of anilines is 2. The monoisotopic (exact) mass is 914 g/mol. The number of piperazine rings is 1. The molecule has 5 N–H and O–H groups in total. The maximum atomic E-state index is 13.7. The van der Waals surface area contributed by atoms with Crippen molar-refractivity contribution in [2.24, 2.45) is 11.3 Å². The summed E-state index contributed by atoms with van der Waals surface area (Å²) in [5, 5.41) is 24.6. The Morgan fingerprint density at radius 2 is 1.64 bits per heavy atom. The Morgan fingerprint density at radius 3 is 2.22 bits per heavy atom. The van der Waals surface area contributed by atoms with Gasteiger partial charge in [0.1, 0.15) is 23.9 Å². The molecule has 0 spiro atoms. The zero-order valence-electron chi connectivity index (χ0n) is 36.5. The number of pyridine rings is 1. The van der Waals surface area contributed by atoms with E-state index in [-0.39, 0.29) is 58.3 Å². The van der Waals surface area contributed by atoms with Crippen LogP contribution < -0.4 is 20.3 Å². The molecule has 4 heterocycles. The quantitative estimate of drug-likeness (QED) is 0.100. The van der Waals surface area contributed by atoms with Gasteiger partial charge >= 0.3 is 12.5 Å². The van der Waals surface area contributed by atoms with Crippen molar-refractivity contribution in [3.8, 4) is 28.1 Å². The molecule has 0 aliphatic carbocycles. The van der Waals surface area contributed by atoms with Crippen molar-refractivity contribution >= 4 is 46.9 Å². The highest BCUT2D eigenvalue weighted by Gasteiger charge is 2.37. The molecule has 64 heavy (non-hydrogen) atoms. The van der Waals surface area contributed by atoms with Crippen molar-refractivity contribution in [1.29, 1.82) is 0 Å². The van der Waals surface area contributed by atoms with E-state index in [4.69, 9.17) is 16.6 Å². The topological polar surface area (TPSA) is 203 Å². The molecule has 0 radical (unpaired) electrons. The number of likely N-dealkylation sites (tertiary alicyclic amines) is 1. The van der Waals surface area contributed by atoms with E-state index in [2.05, 4.69) is 43.9 Å². The number of methoxy groups -OCH3 is 1. The number of H-pyrrole nitrogens is 1. The van der Waals surface area contributed by atoms with Gasteiger partial charge in [0, 0.05) is 56.1 Å². The highest BCUT2D eigenvalue weighted by molar-refractivity contribution is 6.34. The molecule has 4 aromatic rings. The average Bonchev–Trinajstić information content (AvgIpc) is 3.89. The van der Waals surface area contributed by atoms with E-state index >= 15 is 0 Å². The number of alkyl halides is 3. The molecule has 6 rings (SSSR count). The minimum Gasteiger partial charge on any atom is -0.453 e. The first-order valence-corrected chi connectivity index (χ1v) is 21.1. The molecule has 0 bridgehead atoms. The smallest absolute Gasteiger partial charge is 0.453 e. The van der Waals surface area contributed by atoms with Crippen molar-refractivity contribution < 1.29 is 52.0 Å². The van der Waals surface area contributed by atoms with Crippen LogP contribution in [-0.4, -0.2) is 118 Å². The lowest BCUT2D eigenvalue weighted by molar-refractivity contribution is -0.274. The highest BCUT2D eigenvalue weighted by atomic mass is 35.5. The first kappa shape index (κ1) is 49.1. The third kappa shape index (κ3) is 12.0. The van der Waals surface area contributed by atoms with Gasteiger partial charge < -0.3 is 50.0 Å². The van der Waals surface area contributed by atoms with E-state index in [0.29, 0.717) is 67.7 Å². The van der Waals surface area contributed by atoms with Crippen LogP contribution in [0.5, 0.6) is 5.75 Å². The molecule has 2 atom stereocenters. The SMILES string of the molecule is CCC.COC(=O)NCC(=O)N1CC(C)CC1c1nc(-c2ccc(-c3cc(Cl)c(NC(=O)c4ccc(N5CCN(C(=O)C(C)(C)CO)CC5)nc4)cc3OC(F)(F)F)cc2)c(CO)[nH]1. The fraction of sp³-hybridized carbons (Fsp3) is 0.455. The molecule has 2 aromatic heterocycles. The van der Waals surface area contributed by atoms with E-state index in [0.717, 1.165) is 6.07 Å². The Bertz CT molecular complexity index is 2270. The van der Waals surface area contributed by atoms with Crippen LogP contribution in [-0.2, 0) is 20.9 Å². The first-order chi connectivity index (χ1) is 30.3. The summed E-state index contributed by atoms with van der Waals surface area (Å²) < 4.78 is 50.2. The van der Waals surface area contributed by atoms with Crippen LogP contribution in [0.15, 0.2) is 54.7 Å². The van der Waals surface area contributed by atoms with Crippen LogP contribution in [0.3, 0.4) is 0 Å².